The van der Waals surface area contributed by atoms with Gasteiger partial charge in [0.1, 0.15) is 11.3 Å². The van der Waals surface area contributed by atoms with Gasteiger partial charge in [-0.1, -0.05) is 18.9 Å². The molecule has 9 nitrogen and oxygen atoms in total. The lowest BCUT2D eigenvalue weighted by Gasteiger charge is -2.11. The Hall–Kier alpha value is -4.79. The van der Waals surface area contributed by atoms with Crippen LogP contribution >= 0.6 is 0 Å². The molecule has 188 valence electrons. The normalized spacial score (nSPS) is 14.0. The van der Waals surface area contributed by atoms with Crippen molar-refractivity contribution in [3.8, 4) is 28.2 Å². The van der Waals surface area contributed by atoms with Crippen molar-refractivity contribution < 1.29 is 4.79 Å². The third-order valence-corrected chi connectivity index (χ3v) is 7.38. The monoisotopic (exact) mass is 502 g/mol. The largest absolute Gasteiger partial charge is 0.338 e. The number of pyridine rings is 2. The van der Waals surface area contributed by atoms with E-state index in [0.29, 0.717) is 0 Å². The van der Waals surface area contributed by atoms with Gasteiger partial charge in [-0.25, -0.2) is 9.97 Å². The molecule has 7 rings (SSSR count). The highest BCUT2D eigenvalue weighted by Gasteiger charge is 2.23. The zero-order chi connectivity index (χ0) is 25.6. The summed E-state index contributed by atoms with van der Waals surface area (Å²) in [6.07, 6.45) is 13.3. The number of hydrogen-bond acceptors (Lipinski definition) is 5. The Balaban J connectivity index is 1.24. The summed E-state index contributed by atoms with van der Waals surface area (Å²) in [6, 6.07) is 12.2. The van der Waals surface area contributed by atoms with E-state index in [0.717, 1.165) is 87.2 Å². The third kappa shape index (κ3) is 3.92. The van der Waals surface area contributed by atoms with Gasteiger partial charge in [-0.15, -0.1) is 0 Å². The van der Waals surface area contributed by atoms with Crippen molar-refractivity contribution in [2.75, 3.05) is 5.32 Å². The molecule has 0 radical (unpaired) electrons. The predicted octanol–water partition coefficient (Wildman–Crippen LogP) is 5.79. The SMILES string of the molecule is Cc1cn(-c2ccnc3[nH]c(-c4n[nH]c5ccc(-c6cncc(NC(=O)C7CCCC7)c6)cc45)cc23)cn1. The molecule has 0 aliphatic heterocycles. The molecule has 0 spiro atoms. The van der Waals surface area contributed by atoms with Crippen LogP contribution < -0.4 is 5.32 Å². The first kappa shape index (κ1) is 22.4. The molecular weight excluding hydrogens is 476 g/mol. The number of carbonyl (C=O) groups excluding carboxylic acids is 1. The van der Waals surface area contributed by atoms with Crippen molar-refractivity contribution in [2.45, 2.75) is 32.6 Å². The Morgan fingerprint density at radius 3 is 2.76 bits per heavy atom. The number of fused-ring (bicyclic) bond motifs is 2. The highest BCUT2D eigenvalue weighted by atomic mass is 16.1. The lowest BCUT2D eigenvalue weighted by molar-refractivity contribution is -0.119. The number of amides is 1. The fourth-order valence-electron chi connectivity index (χ4n) is 5.42. The maximum absolute atomic E-state index is 12.6. The average Bonchev–Trinajstić information content (AvgIpc) is 3.74. The molecule has 38 heavy (non-hydrogen) atoms. The zero-order valence-corrected chi connectivity index (χ0v) is 20.9. The van der Waals surface area contributed by atoms with Crippen molar-refractivity contribution in [2.24, 2.45) is 5.92 Å². The minimum absolute atomic E-state index is 0.0895. The van der Waals surface area contributed by atoms with Gasteiger partial charge < -0.3 is 14.9 Å². The Labute approximate surface area is 218 Å². The van der Waals surface area contributed by atoms with E-state index in [1.807, 2.05) is 54.5 Å². The Bertz CT molecular complexity index is 1800. The molecule has 9 heteroatoms. The van der Waals surface area contributed by atoms with E-state index in [1.54, 1.807) is 12.4 Å². The topological polar surface area (TPSA) is 117 Å². The molecule has 1 aliphatic carbocycles. The first-order valence-corrected chi connectivity index (χ1v) is 12.9. The quantitative estimate of drug-likeness (QED) is 0.276. The van der Waals surface area contributed by atoms with Crippen LogP contribution in [-0.2, 0) is 4.79 Å². The molecule has 1 aliphatic rings. The average molecular weight is 503 g/mol. The van der Waals surface area contributed by atoms with Gasteiger partial charge in [-0.3, -0.25) is 14.9 Å². The summed E-state index contributed by atoms with van der Waals surface area (Å²) in [5, 5.41) is 12.8. The second kappa shape index (κ2) is 8.95. The van der Waals surface area contributed by atoms with Crippen molar-refractivity contribution in [1.82, 2.24) is 34.7 Å². The lowest BCUT2D eigenvalue weighted by atomic mass is 10.0. The molecule has 5 heterocycles. The van der Waals surface area contributed by atoms with E-state index in [-0.39, 0.29) is 11.8 Å². The van der Waals surface area contributed by atoms with Crippen LogP contribution in [-0.4, -0.2) is 40.6 Å². The third-order valence-electron chi connectivity index (χ3n) is 7.38. The summed E-state index contributed by atoms with van der Waals surface area (Å²) in [5.74, 6) is 0.194. The van der Waals surface area contributed by atoms with E-state index in [9.17, 15) is 4.79 Å². The number of benzene rings is 1. The summed E-state index contributed by atoms with van der Waals surface area (Å²) in [7, 11) is 0. The molecule has 1 saturated carbocycles. The molecule has 0 atom stereocenters. The standard InChI is InChI=1S/C29H26N8O/c1-17-15-37(16-32-17)26-8-9-31-28-23(26)12-25(34-28)27-22-11-19(6-7-24(22)35-36-27)20-10-21(14-30-13-20)33-29(38)18-4-2-3-5-18/h6-16,18H,2-5H2,1H3,(H,31,34)(H,33,38)(H,35,36). The van der Waals surface area contributed by atoms with Gasteiger partial charge in [0, 0.05) is 40.8 Å². The molecule has 0 unspecified atom stereocenters. The smallest absolute Gasteiger partial charge is 0.227 e. The number of aromatic amines is 2. The zero-order valence-electron chi connectivity index (χ0n) is 20.9. The van der Waals surface area contributed by atoms with Crippen LogP contribution in [0.5, 0.6) is 0 Å². The van der Waals surface area contributed by atoms with E-state index in [2.05, 4.69) is 47.6 Å². The number of nitrogens with one attached hydrogen (secondary N) is 3. The molecular formula is C29H26N8O. The minimum Gasteiger partial charge on any atom is -0.338 e. The number of anilines is 1. The van der Waals surface area contributed by atoms with Crippen molar-refractivity contribution in [1.29, 1.82) is 0 Å². The second-order valence-corrected chi connectivity index (χ2v) is 9.96. The fourth-order valence-corrected chi connectivity index (χ4v) is 5.42. The molecule has 1 amide bonds. The molecule has 1 fully saturated rings. The summed E-state index contributed by atoms with van der Waals surface area (Å²) in [6.45, 7) is 1.97. The van der Waals surface area contributed by atoms with E-state index < -0.39 is 0 Å². The van der Waals surface area contributed by atoms with Gasteiger partial charge in [0.15, 0.2) is 0 Å². The van der Waals surface area contributed by atoms with Gasteiger partial charge in [0.2, 0.25) is 5.91 Å². The number of aryl methyl sites for hydroxylation is 1. The number of hydrogen-bond donors (Lipinski definition) is 3. The Morgan fingerprint density at radius 2 is 1.92 bits per heavy atom. The van der Waals surface area contributed by atoms with Crippen LogP contribution in [0.1, 0.15) is 31.4 Å². The maximum Gasteiger partial charge on any atom is 0.227 e. The summed E-state index contributed by atoms with van der Waals surface area (Å²) in [5.41, 5.74) is 7.99. The molecule has 1 aromatic carbocycles. The van der Waals surface area contributed by atoms with Crippen LogP contribution in [0.4, 0.5) is 5.69 Å². The number of imidazole rings is 1. The molecule has 6 aromatic rings. The summed E-state index contributed by atoms with van der Waals surface area (Å²) in [4.78, 5) is 29.4. The number of rotatable bonds is 5. The second-order valence-electron chi connectivity index (χ2n) is 9.96. The highest BCUT2D eigenvalue weighted by Crippen LogP contribution is 2.33. The van der Waals surface area contributed by atoms with Crippen LogP contribution in [0.25, 0.3) is 50.1 Å². The first-order chi connectivity index (χ1) is 18.6. The van der Waals surface area contributed by atoms with Gasteiger partial charge in [-0.05, 0) is 55.7 Å². The van der Waals surface area contributed by atoms with Gasteiger partial charge >= 0.3 is 0 Å². The van der Waals surface area contributed by atoms with E-state index >= 15 is 0 Å². The molecule has 5 aromatic heterocycles. The summed E-state index contributed by atoms with van der Waals surface area (Å²) >= 11 is 0. The maximum atomic E-state index is 12.6. The minimum atomic E-state index is 0.0895. The van der Waals surface area contributed by atoms with Gasteiger partial charge in [0.25, 0.3) is 0 Å². The number of aromatic nitrogens is 7. The van der Waals surface area contributed by atoms with Crippen molar-refractivity contribution in [3.05, 3.63) is 73.2 Å². The van der Waals surface area contributed by atoms with Crippen LogP contribution in [0.15, 0.2) is 67.5 Å². The Kier molecular flexibility index (Phi) is 5.28. The number of H-pyrrole nitrogens is 2. The van der Waals surface area contributed by atoms with Crippen LogP contribution in [0.3, 0.4) is 0 Å². The van der Waals surface area contributed by atoms with Crippen LogP contribution in [0.2, 0.25) is 0 Å². The van der Waals surface area contributed by atoms with E-state index in [1.165, 1.54) is 0 Å². The van der Waals surface area contributed by atoms with Crippen molar-refractivity contribution >= 4 is 33.5 Å². The highest BCUT2D eigenvalue weighted by molar-refractivity contribution is 5.99. The van der Waals surface area contributed by atoms with Crippen LogP contribution in [0, 0.1) is 12.8 Å². The first-order valence-electron chi connectivity index (χ1n) is 12.9. The summed E-state index contributed by atoms with van der Waals surface area (Å²) < 4.78 is 2.00. The predicted molar refractivity (Wildman–Crippen MR) is 147 cm³/mol. The molecule has 3 N–H and O–H groups in total. The van der Waals surface area contributed by atoms with E-state index in [4.69, 9.17) is 0 Å². The Morgan fingerprint density at radius 1 is 1.03 bits per heavy atom. The fraction of sp³-hybridized carbons (Fsp3) is 0.207. The molecule has 0 bridgehead atoms. The van der Waals surface area contributed by atoms with Gasteiger partial charge in [-0.2, -0.15) is 5.10 Å². The molecule has 0 saturated heterocycles. The lowest BCUT2D eigenvalue weighted by Crippen LogP contribution is -2.20. The van der Waals surface area contributed by atoms with Gasteiger partial charge in [0.05, 0.1) is 40.8 Å². The van der Waals surface area contributed by atoms with Crippen molar-refractivity contribution in [3.63, 3.8) is 0 Å². The number of nitrogens with zero attached hydrogens (tertiary/aromatic N) is 5. The number of carbonyl (C=O) groups is 1.